The van der Waals surface area contributed by atoms with Crippen LogP contribution in [0.1, 0.15) is 15.9 Å². The van der Waals surface area contributed by atoms with Crippen LogP contribution in [0.2, 0.25) is 0 Å². The zero-order valence-electron chi connectivity index (χ0n) is 17.0. The van der Waals surface area contributed by atoms with Crippen molar-refractivity contribution >= 4 is 52.0 Å². The highest BCUT2D eigenvalue weighted by atomic mass is 35.5. The van der Waals surface area contributed by atoms with E-state index < -0.39 is 39.4 Å². The molecule has 0 radical (unpaired) electrons. The van der Waals surface area contributed by atoms with Crippen LogP contribution >= 0.6 is 23.8 Å². The van der Waals surface area contributed by atoms with Gasteiger partial charge in [0.15, 0.2) is 4.87 Å². The number of alkyl halides is 4. The summed E-state index contributed by atoms with van der Waals surface area (Å²) in [7, 11) is 0. The summed E-state index contributed by atoms with van der Waals surface area (Å²) in [5.74, 6) is -1.58. The standard InChI is InChI=1S/C22H16ClF4N3O3S/c23-20(18(34)30-19(28)32)11-12(9-10-21(20,33)22(25,26)27)13-5-2-4-8-16(13)29-17(31)14-6-1-3-7-15(14)24/h1-11,33H,(H,29,31)(H3,28,30,32,34). The Bertz CT molecular complexity index is 1230. The highest BCUT2D eigenvalue weighted by Crippen LogP contribution is 2.49. The quantitative estimate of drug-likeness (QED) is 0.278. The van der Waals surface area contributed by atoms with Crippen molar-refractivity contribution in [3.05, 3.63) is 83.7 Å². The summed E-state index contributed by atoms with van der Waals surface area (Å²) in [6.45, 7) is 0. The first kappa shape index (κ1) is 25.3. The number of hydrogen-bond donors (Lipinski definition) is 4. The van der Waals surface area contributed by atoms with E-state index in [0.717, 1.165) is 18.2 Å². The van der Waals surface area contributed by atoms with Gasteiger partial charge in [-0.1, -0.05) is 48.6 Å². The lowest BCUT2D eigenvalue weighted by Gasteiger charge is -2.42. The van der Waals surface area contributed by atoms with Crippen molar-refractivity contribution in [2.75, 3.05) is 5.32 Å². The molecular weight excluding hydrogens is 498 g/mol. The maximum Gasteiger partial charge on any atom is 0.423 e. The fraction of sp³-hybridized carbons (Fsp3) is 0.136. The molecule has 0 bridgehead atoms. The molecule has 3 rings (SSSR count). The lowest BCUT2D eigenvalue weighted by molar-refractivity contribution is -0.242. The van der Waals surface area contributed by atoms with Crippen molar-refractivity contribution < 1.29 is 32.3 Å². The Morgan fingerprint density at radius 1 is 1.09 bits per heavy atom. The third kappa shape index (κ3) is 4.54. The van der Waals surface area contributed by atoms with Gasteiger partial charge >= 0.3 is 12.2 Å². The van der Waals surface area contributed by atoms with Crippen LogP contribution in [0.4, 0.5) is 28.0 Å². The summed E-state index contributed by atoms with van der Waals surface area (Å²) in [5.41, 5.74) is 1.32. The van der Waals surface area contributed by atoms with Crippen LogP contribution < -0.4 is 16.4 Å². The summed E-state index contributed by atoms with van der Waals surface area (Å²) >= 11 is 11.1. The second-order valence-corrected chi connectivity index (χ2v) is 8.21. The number of primary amides is 1. The van der Waals surface area contributed by atoms with Gasteiger partial charge in [0.05, 0.1) is 5.56 Å². The van der Waals surface area contributed by atoms with Crippen LogP contribution in [0.3, 0.4) is 0 Å². The molecule has 6 nitrogen and oxygen atoms in total. The maximum absolute atomic E-state index is 14.0. The molecule has 1 aliphatic carbocycles. The second-order valence-electron chi connectivity index (χ2n) is 7.21. The topological polar surface area (TPSA) is 104 Å². The van der Waals surface area contributed by atoms with Crippen molar-refractivity contribution in [3.63, 3.8) is 0 Å². The van der Waals surface area contributed by atoms with Crippen LogP contribution in [-0.4, -0.2) is 38.7 Å². The largest absolute Gasteiger partial charge is 0.423 e. The molecule has 34 heavy (non-hydrogen) atoms. The number of allylic oxidation sites excluding steroid dienone is 2. The van der Waals surface area contributed by atoms with Crippen molar-refractivity contribution in [1.82, 2.24) is 5.32 Å². The van der Waals surface area contributed by atoms with Gasteiger partial charge in [-0.15, -0.1) is 11.6 Å². The van der Waals surface area contributed by atoms with E-state index >= 15 is 0 Å². The van der Waals surface area contributed by atoms with Gasteiger partial charge in [0, 0.05) is 11.3 Å². The van der Waals surface area contributed by atoms with Crippen LogP contribution in [0.5, 0.6) is 0 Å². The van der Waals surface area contributed by atoms with E-state index in [0.29, 0.717) is 6.08 Å². The lowest BCUT2D eigenvalue weighted by atomic mass is 9.78. The molecule has 0 heterocycles. The predicted octanol–water partition coefficient (Wildman–Crippen LogP) is 4.30. The Morgan fingerprint density at radius 3 is 2.32 bits per heavy atom. The number of rotatable bonds is 4. The highest BCUT2D eigenvalue weighted by Gasteiger charge is 2.66. The van der Waals surface area contributed by atoms with Crippen molar-refractivity contribution in [1.29, 1.82) is 0 Å². The number of thiocarbonyl (C=S) groups is 1. The van der Waals surface area contributed by atoms with Gasteiger partial charge in [-0.3, -0.25) is 4.79 Å². The van der Waals surface area contributed by atoms with Gasteiger partial charge < -0.3 is 21.5 Å². The van der Waals surface area contributed by atoms with Gasteiger partial charge in [0.2, 0.25) is 5.60 Å². The number of carbonyl (C=O) groups excluding carboxylic acids is 2. The zero-order chi connectivity index (χ0) is 25.3. The molecule has 178 valence electrons. The summed E-state index contributed by atoms with van der Waals surface area (Å²) in [6.07, 6.45) is -3.17. The number of anilines is 1. The lowest BCUT2D eigenvalue weighted by Crippen LogP contribution is -2.65. The summed E-state index contributed by atoms with van der Waals surface area (Å²) in [6, 6.07) is 9.89. The number of amides is 3. The molecule has 0 saturated carbocycles. The maximum atomic E-state index is 14.0. The SMILES string of the molecule is NC(=O)NC(=S)C1(Cl)C=C(c2ccccc2NC(=O)c2ccccc2F)C=CC1(O)C(F)(F)F. The van der Waals surface area contributed by atoms with Crippen molar-refractivity contribution in [2.45, 2.75) is 16.7 Å². The van der Waals surface area contributed by atoms with E-state index in [4.69, 9.17) is 29.6 Å². The first-order valence-electron chi connectivity index (χ1n) is 9.46. The Kier molecular flexibility index (Phi) is 6.83. The Hall–Kier alpha value is -3.28. The smallest absolute Gasteiger partial charge is 0.375 e. The molecule has 1 aliphatic rings. The normalized spacial score (nSPS) is 22.0. The zero-order valence-corrected chi connectivity index (χ0v) is 18.6. The number of hydrogen-bond acceptors (Lipinski definition) is 4. The third-order valence-corrected chi connectivity index (χ3v) is 6.14. The molecular formula is C22H16ClF4N3O3S. The van der Waals surface area contributed by atoms with E-state index in [1.54, 1.807) is 0 Å². The molecule has 12 heteroatoms. The molecule has 2 atom stereocenters. The van der Waals surface area contributed by atoms with E-state index in [9.17, 15) is 32.3 Å². The monoisotopic (exact) mass is 513 g/mol. The van der Waals surface area contributed by atoms with E-state index in [2.05, 4.69) is 5.32 Å². The Morgan fingerprint density at radius 2 is 1.71 bits per heavy atom. The summed E-state index contributed by atoms with van der Waals surface area (Å²) in [5, 5.41) is 14.8. The molecule has 0 aliphatic heterocycles. The van der Waals surface area contributed by atoms with E-state index in [-0.39, 0.29) is 22.4 Å². The minimum Gasteiger partial charge on any atom is -0.375 e. The first-order valence-corrected chi connectivity index (χ1v) is 10.2. The number of para-hydroxylation sites is 1. The van der Waals surface area contributed by atoms with Gasteiger partial charge in [-0.2, -0.15) is 13.2 Å². The molecule has 5 N–H and O–H groups in total. The van der Waals surface area contributed by atoms with Crippen molar-refractivity contribution in [3.8, 4) is 0 Å². The van der Waals surface area contributed by atoms with Gasteiger partial charge in [-0.25, -0.2) is 9.18 Å². The highest BCUT2D eigenvalue weighted by molar-refractivity contribution is 7.80. The molecule has 0 aromatic heterocycles. The second kappa shape index (κ2) is 9.16. The molecule has 0 saturated heterocycles. The van der Waals surface area contributed by atoms with Gasteiger partial charge in [0.1, 0.15) is 10.8 Å². The van der Waals surface area contributed by atoms with Crippen LogP contribution in [0.15, 0.2) is 66.8 Å². The van der Waals surface area contributed by atoms with E-state index in [1.165, 1.54) is 42.5 Å². The number of carbonyl (C=O) groups is 2. The summed E-state index contributed by atoms with van der Waals surface area (Å²) < 4.78 is 55.4. The molecule has 0 fully saturated rings. The van der Waals surface area contributed by atoms with Crippen LogP contribution in [-0.2, 0) is 0 Å². The van der Waals surface area contributed by atoms with Gasteiger partial charge in [-0.05, 0) is 35.9 Å². The minimum absolute atomic E-state index is 0.0157. The number of aliphatic hydroxyl groups is 1. The number of benzene rings is 2. The average molecular weight is 514 g/mol. The molecule has 2 aromatic rings. The first-order chi connectivity index (χ1) is 15.8. The molecule has 2 unspecified atom stereocenters. The number of nitrogens with two attached hydrogens (primary N) is 1. The average Bonchev–Trinajstić information content (AvgIpc) is 2.75. The fourth-order valence-electron chi connectivity index (χ4n) is 3.29. The number of halogens is 5. The number of nitrogens with one attached hydrogen (secondary N) is 2. The molecule has 2 aromatic carbocycles. The summed E-state index contributed by atoms with van der Waals surface area (Å²) in [4.78, 5) is 20.0. The van der Waals surface area contributed by atoms with Crippen molar-refractivity contribution in [2.24, 2.45) is 5.73 Å². The van der Waals surface area contributed by atoms with Crippen LogP contribution in [0.25, 0.3) is 5.57 Å². The minimum atomic E-state index is -5.30. The number of urea groups is 1. The van der Waals surface area contributed by atoms with Gasteiger partial charge in [0.25, 0.3) is 5.91 Å². The Balaban J connectivity index is 2.09. The molecule has 3 amide bonds. The Labute approximate surface area is 201 Å². The predicted molar refractivity (Wildman–Crippen MR) is 123 cm³/mol. The fourth-order valence-corrected chi connectivity index (χ4v) is 3.94. The third-order valence-electron chi connectivity index (χ3n) is 5.02. The van der Waals surface area contributed by atoms with Crippen LogP contribution in [0, 0.1) is 5.82 Å². The molecule has 0 spiro atoms. The van der Waals surface area contributed by atoms with E-state index in [1.807, 2.05) is 5.32 Å².